The Balaban J connectivity index is 1.99. The maximum Gasteiger partial charge on any atom is 0.175 e. The van der Waals surface area contributed by atoms with Crippen molar-refractivity contribution in [3.63, 3.8) is 0 Å². The van der Waals surface area contributed by atoms with Crippen LogP contribution in [0.25, 0.3) is 0 Å². The van der Waals surface area contributed by atoms with Gasteiger partial charge in [0.15, 0.2) is 5.11 Å². The Morgan fingerprint density at radius 2 is 1.90 bits per heavy atom. The second-order valence-corrected chi connectivity index (χ2v) is 5.02. The number of nitrogens with zero attached hydrogens (tertiary/aromatic N) is 2. The van der Waals surface area contributed by atoms with Crippen LogP contribution in [0.2, 0.25) is 0 Å². The first-order chi connectivity index (χ1) is 9.62. The maximum atomic E-state index is 5.33. The molecule has 2 aromatic rings. The van der Waals surface area contributed by atoms with E-state index < -0.39 is 0 Å². The molecule has 0 saturated heterocycles. The van der Waals surface area contributed by atoms with E-state index in [1.54, 1.807) is 0 Å². The van der Waals surface area contributed by atoms with Gasteiger partial charge in [-0.2, -0.15) is 5.10 Å². The fraction of sp³-hybridized carbons (Fsp3) is 0.333. The molecule has 0 amide bonds. The summed E-state index contributed by atoms with van der Waals surface area (Å²) in [5.41, 5.74) is 4.18. The van der Waals surface area contributed by atoms with Crippen LogP contribution in [0.3, 0.4) is 0 Å². The van der Waals surface area contributed by atoms with Gasteiger partial charge in [0.1, 0.15) is 0 Å². The standard InChI is InChI=1S/C15H20N4S/c1-4-12-6-8-13(9-7-12)16-15(20)17-14-10-19(5-2)18-11(14)3/h6-10H,4-5H2,1-3H3,(H2,16,17,20). The second kappa shape index (κ2) is 6.52. The lowest BCUT2D eigenvalue weighted by molar-refractivity contribution is 0.653. The van der Waals surface area contributed by atoms with Gasteiger partial charge in [-0.15, -0.1) is 0 Å². The topological polar surface area (TPSA) is 41.9 Å². The fourth-order valence-electron chi connectivity index (χ4n) is 1.91. The molecule has 106 valence electrons. The Hall–Kier alpha value is -1.88. The Labute approximate surface area is 125 Å². The van der Waals surface area contributed by atoms with Gasteiger partial charge in [-0.05, 0) is 50.2 Å². The molecule has 0 unspecified atom stereocenters. The van der Waals surface area contributed by atoms with Gasteiger partial charge < -0.3 is 10.6 Å². The molecule has 4 nitrogen and oxygen atoms in total. The smallest absolute Gasteiger partial charge is 0.175 e. The molecular formula is C15H20N4S. The molecule has 0 fully saturated rings. The maximum absolute atomic E-state index is 5.33. The van der Waals surface area contributed by atoms with Crippen LogP contribution in [0.1, 0.15) is 25.1 Å². The van der Waals surface area contributed by atoms with Gasteiger partial charge in [-0.1, -0.05) is 19.1 Å². The van der Waals surface area contributed by atoms with E-state index in [9.17, 15) is 0 Å². The monoisotopic (exact) mass is 288 g/mol. The highest BCUT2D eigenvalue weighted by Crippen LogP contribution is 2.14. The van der Waals surface area contributed by atoms with Crippen molar-refractivity contribution < 1.29 is 0 Å². The molecule has 2 rings (SSSR count). The number of benzene rings is 1. The second-order valence-electron chi connectivity index (χ2n) is 4.61. The normalized spacial score (nSPS) is 10.3. The molecule has 0 atom stereocenters. The van der Waals surface area contributed by atoms with Gasteiger partial charge in [0, 0.05) is 18.4 Å². The van der Waals surface area contributed by atoms with Gasteiger partial charge >= 0.3 is 0 Å². The minimum absolute atomic E-state index is 0.577. The van der Waals surface area contributed by atoms with Crippen LogP contribution in [0, 0.1) is 6.92 Å². The molecule has 0 aliphatic carbocycles. The van der Waals surface area contributed by atoms with Crippen molar-refractivity contribution in [3.8, 4) is 0 Å². The van der Waals surface area contributed by atoms with E-state index >= 15 is 0 Å². The number of aromatic nitrogens is 2. The quantitative estimate of drug-likeness (QED) is 0.844. The SMILES string of the molecule is CCc1ccc(NC(=S)Nc2cn(CC)nc2C)cc1. The summed E-state index contributed by atoms with van der Waals surface area (Å²) in [6, 6.07) is 8.28. The number of thiocarbonyl (C=S) groups is 1. The number of nitrogens with one attached hydrogen (secondary N) is 2. The average molecular weight is 288 g/mol. The van der Waals surface area contributed by atoms with E-state index in [1.807, 2.05) is 29.9 Å². The third kappa shape index (κ3) is 3.57. The predicted octanol–water partition coefficient (Wildman–Crippen LogP) is 3.58. The van der Waals surface area contributed by atoms with Crippen LogP contribution in [0.4, 0.5) is 11.4 Å². The Bertz CT molecular complexity index is 586. The zero-order valence-electron chi connectivity index (χ0n) is 12.1. The Kier molecular flexibility index (Phi) is 4.74. The highest BCUT2D eigenvalue weighted by molar-refractivity contribution is 7.80. The van der Waals surface area contributed by atoms with Gasteiger partial charge in [-0.25, -0.2) is 0 Å². The van der Waals surface area contributed by atoms with Gasteiger partial charge in [-0.3, -0.25) is 4.68 Å². The molecule has 1 aromatic heterocycles. The van der Waals surface area contributed by atoms with Crippen molar-refractivity contribution in [1.82, 2.24) is 9.78 Å². The van der Waals surface area contributed by atoms with E-state index in [4.69, 9.17) is 12.2 Å². The first-order valence-corrected chi connectivity index (χ1v) is 7.24. The first-order valence-electron chi connectivity index (χ1n) is 6.83. The lowest BCUT2D eigenvalue weighted by atomic mass is 10.1. The van der Waals surface area contributed by atoms with Crippen molar-refractivity contribution in [2.75, 3.05) is 10.6 Å². The minimum atomic E-state index is 0.577. The number of aryl methyl sites for hydroxylation is 3. The molecule has 2 N–H and O–H groups in total. The van der Waals surface area contributed by atoms with Crippen LogP contribution < -0.4 is 10.6 Å². The summed E-state index contributed by atoms with van der Waals surface area (Å²) in [7, 11) is 0. The van der Waals surface area contributed by atoms with Crippen molar-refractivity contribution in [3.05, 3.63) is 41.7 Å². The summed E-state index contributed by atoms with van der Waals surface area (Å²) in [6.45, 7) is 7.01. The van der Waals surface area contributed by atoms with E-state index in [-0.39, 0.29) is 0 Å². The highest BCUT2D eigenvalue weighted by Gasteiger charge is 2.06. The van der Waals surface area contributed by atoms with Gasteiger partial charge in [0.2, 0.25) is 0 Å². The lowest BCUT2D eigenvalue weighted by Crippen LogP contribution is -2.19. The summed E-state index contributed by atoms with van der Waals surface area (Å²) in [6.07, 6.45) is 3.00. The summed E-state index contributed by atoms with van der Waals surface area (Å²) in [5.74, 6) is 0. The van der Waals surface area contributed by atoms with Crippen molar-refractivity contribution >= 4 is 28.7 Å². The van der Waals surface area contributed by atoms with E-state index in [0.29, 0.717) is 5.11 Å². The van der Waals surface area contributed by atoms with Crippen molar-refractivity contribution in [1.29, 1.82) is 0 Å². The number of hydrogen-bond donors (Lipinski definition) is 2. The van der Waals surface area contributed by atoms with E-state index in [2.05, 4.69) is 41.7 Å². The highest BCUT2D eigenvalue weighted by atomic mass is 32.1. The van der Waals surface area contributed by atoms with E-state index in [0.717, 1.165) is 30.0 Å². The molecule has 1 heterocycles. The third-order valence-corrected chi connectivity index (χ3v) is 3.34. The van der Waals surface area contributed by atoms with Crippen LogP contribution in [0.5, 0.6) is 0 Å². The summed E-state index contributed by atoms with van der Waals surface area (Å²) < 4.78 is 1.89. The summed E-state index contributed by atoms with van der Waals surface area (Å²) in [5, 5.41) is 11.3. The molecular weight excluding hydrogens is 268 g/mol. The Morgan fingerprint density at radius 1 is 1.20 bits per heavy atom. The summed E-state index contributed by atoms with van der Waals surface area (Å²) >= 11 is 5.33. The molecule has 0 aliphatic heterocycles. The lowest BCUT2D eigenvalue weighted by Gasteiger charge is -2.10. The summed E-state index contributed by atoms with van der Waals surface area (Å²) in [4.78, 5) is 0. The molecule has 1 aromatic carbocycles. The van der Waals surface area contributed by atoms with Crippen LogP contribution in [-0.4, -0.2) is 14.9 Å². The number of hydrogen-bond acceptors (Lipinski definition) is 2. The zero-order chi connectivity index (χ0) is 14.5. The van der Waals surface area contributed by atoms with Crippen LogP contribution >= 0.6 is 12.2 Å². The predicted molar refractivity (Wildman–Crippen MR) is 88.3 cm³/mol. The zero-order valence-corrected chi connectivity index (χ0v) is 12.9. The molecule has 0 bridgehead atoms. The first kappa shape index (κ1) is 14.5. The minimum Gasteiger partial charge on any atom is -0.332 e. The molecule has 0 radical (unpaired) electrons. The largest absolute Gasteiger partial charge is 0.332 e. The molecule has 20 heavy (non-hydrogen) atoms. The molecule has 5 heteroatoms. The van der Waals surface area contributed by atoms with Gasteiger partial charge in [0.05, 0.1) is 11.4 Å². The van der Waals surface area contributed by atoms with Crippen LogP contribution in [0.15, 0.2) is 30.5 Å². The molecule has 0 saturated carbocycles. The van der Waals surface area contributed by atoms with Crippen molar-refractivity contribution in [2.45, 2.75) is 33.7 Å². The number of anilines is 2. The fourth-order valence-corrected chi connectivity index (χ4v) is 2.14. The van der Waals surface area contributed by atoms with Crippen LogP contribution in [-0.2, 0) is 13.0 Å². The number of rotatable bonds is 4. The molecule has 0 aliphatic rings. The Morgan fingerprint density at radius 3 is 2.45 bits per heavy atom. The van der Waals surface area contributed by atoms with Crippen molar-refractivity contribution in [2.24, 2.45) is 0 Å². The van der Waals surface area contributed by atoms with E-state index in [1.165, 1.54) is 5.56 Å². The van der Waals surface area contributed by atoms with Gasteiger partial charge in [0.25, 0.3) is 0 Å². The molecule has 0 spiro atoms. The average Bonchev–Trinajstić information content (AvgIpc) is 2.80. The third-order valence-electron chi connectivity index (χ3n) is 3.14.